The molecule has 1 saturated carbocycles. The zero-order valence-electron chi connectivity index (χ0n) is 18.9. The van der Waals surface area contributed by atoms with Gasteiger partial charge in [0.1, 0.15) is 24.0 Å². The maximum Gasteiger partial charge on any atom is 0.416 e. The molecule has 1 fully saturated rings. The lowest BCUT2D eigenvalue weighted by atomic mass is 9.93. The van der Waals surface area contributed by atoms with E-state index in [0.29, 0.717) is 11.7 Å². The summed E-state index contributed by atoms with van der Waals surface area (Å²) in [5.41, 5.74) is -1.19. The maximum absolute atomic E-state index is 13.2. The van der Waals surface area contributed by atoms with Crippen molar-refractivity contribution in [2.75, 3.05) is 31.3 Å². The van der Waals surface area contributed by atoms with E-state index in [1.54, 1.807) is 13.1 Å². The predicted molar refractivity (Wildman–Crippen MR) is 119 cm³/mol. The van der Waals surface area contributed by atoms with Gasteiger partial charge < -0.3 is 30.5 Å². The van der Waals surface area contributed by atoms with Crippen LogP contribution in [0.2, 0.25) is 0 Å². The highest BCUT2D eigenvalue weighted by molar-refractivity contribution is 5.94. The normalized spacial score (nSPS) is 18.3. The third-order valence-corrected chi connectivity index (χ3v) is 5.55. The zero-order valence-corrected chi connectivity index (χ0v) is 18.9. The second kappa shape index (κ2) is 11.3. The molecule has 0 radical (unpaired) electrons. The van der Waals surface area contributed by atoms with Gasteiger partial charge in [0.15, 0.2) is 0 Å². The second-order valence-electron chi connectivity index (χ2n) is 7.88. The second-order valence-corrected chi connectivity index (χ2v) is 7.88. The molecule has 4 N–H and O–H groups in total. The maximum atomic E-state index is 13.2. The summed E-state index contributed by atoms with van der Waals surface area (Å²) in [4.78, 5) is 20.6. The lowest BCUT2D eigenvalue weighted by molar-refractivity contribution is -0.137. The number of aromatic nitrogens is 2. The van der Waals surface area contributed by atoms with Crippen molar-refractivity contribution in [3.63, 3.8) is 0 Å². The Balaban J connectivity index is 1.52. The van der Waals surface area contributed by atoms with Crippen LogP contribution in [0.1, 0.15) is 36.8 Å². The Morgan fingerprint density at radius 3 is 2.53 bits per heavy atom. The van der Waals surface area contributed by atoms with Gasteiger partial charge in [0.05, 0.1) is 31.5 Å². The number of carbonyl (C=O) groups is 1. The van der Waals surface area contributed by atoms with E-state index in [0.717, 1.165) is 37.8 Å². The van der Waals surface area contributed by atoms with Crippen molar-refractivity contribution < 1.29 is 32.5 Å². The Bertz CT molecular complexity index is 981. The summed E-state index contributed by atoms with van der Waals surface area (Å²) in [6.45, 7) is -0.744. The number of hydrogen-bond donors (Lipinski definition) is 4. The van der Waals surface area contributed by atoms with Crippen molar-refractivity contribution in [3.8, 4) is 11.6 Å². The Hall–Kier alpha value is -3.12. The first-order valence-corrected chi connectivity index (χ1v) is 10.8. The summed E-state index contributed by atoms with van der Waals surface area (Å²) in [6, 6.07) is 3.39. The van der Waals surface area contributed by atoms with Crippen LogP contribution in [-0.4, -0.2) is 53.8 Å². The summed E-state index contributed by atoms with van der Waals surface area (Å²) in [5, 5.41) is 17.9. The number of ether oxygens (including phenoxy) is 2. The highest BCUT2D eigenvalue weighted by Gasteiger charge is 2.33. The predicted octanol–water partition coefficient (Wildman–Crippen LogP) is 2.96. The van der Waals surface area contributed by atoms with E-state index in [2.05, 4.69) is 25.9 Å². The third kappa shape index (κ3) is 6.70. The number of aliphatic hydroxyl groups is 1. The third-order valence-electron chi connectivity index (χ3n) is 5.55. The molecule has 0 unspecified atom stereocenters. The molecule has 0 bridgehead atoms. The van der Waals surface area contributed by atoms with Gasteiger partial charge >= 0.3 is 6.18 Å². The van der Waals surface area contributed by atoms with Crippen LogP contribution in [0.3, 0.4) is 0 Å². The molecule has 0 spiro atoms. The highest BCUT2D eigenvalue weighted by Crippen LogP contribution is 2.38. The molecule has 0 atom stereocenters. The lowest BCUT2D eigenvalue weighted by Gasteiger charge is -2.29. The van der Waals surface area contributed by atoms with Gasteiger partial charge in [-0.2, -0.15) is 13.2 Å². The van der Waals surface area contributed by atoms with E-state index in [1.165, 1.54) is 13.4 Å². The molecule has 1 aliphatic carbocycles. The van der Waals surface area contributed by atoms with Gasteiger partial charge in [-0.3, -0.25) is 4.79 Å². The molecular weight excluding hydrogens is 455 g/mol. The van der Waals surface area contributed by atoms with E-state index in [-0.39, 0.29) is 35.7 Å². The first-order valence-electron chi connectivity index (χ1n) is 10.8. The van der Waals surface area contributed by atoms with Crippen LogP contribution in [0.15, 0.2) is 24.5 Å². The van der Waals surface area contributed by atoms with E-state index in [9.17, 15) is 23.1 Å². The molecule has 2 aromatic rings. The molecule has 1 aromatic heterocycles. The van der Waals surface area contributed by atoms with Gasteiger partial charge in [-0.25, -0.2) is 9.97 Å². The van der Waals surface area contributed by atoms with Gasteiger partial charge in [0, 0.05) is 24.7 Å². The van der Waals surface area contributed by atoms with Crippen LogP contribution < -0.4 is 25.4 Å². The van der Waals surface area contributed by atoms with E-state index in [4.69, 9.17) is 9.47 Å². The number of alkyl halides is 3. The van der Waals surface area contributed by atoms with Crippen molar-refractivity contribution in [2.24, 2.45) is 0 Å². The van der Waals surface area contributed by atoms with E-state index in [1.807, 2.05) is 0 Å². The molecule has 34 heavy (non-hydrogen) atoms. The molecule has 9 nitrogen and oxygen atoms in total. The quantitative estimate of drug-likeness (QED) is 0.430. The molecule has 12 heteroatoms. The zero-order chi connectivity index (χ0) is 24.7. The minimum absolute atomic E-state index is 0.00208. The average molecular weight is 483 g/mol. The molecule has 1 aromatic carbocycles. The summed E-state index contributed by atoms with van der Waals surface area (Å²) < 4.78 is 50.6. The number of nitrogens with one attached hydrogen (secondary N) is 3. The summed E-state index contributed by atoms with van der Waals surface area (Å²) in [5.74, 6) is 0.635. The Morgan fingerprint density at radius 2 is 1.91 bits per heavy atom. The lowest BCUT2D eigenvalue weighted by Crippen LogP contribution is -2.40. The van der Waals surface area contributed by atoms with Gasteiger partial charge in [-0.15, -0.1) is 0 Å². The van der Waals surface area contributed by atoms with Gasteiger partial charge in [0.2, 0.25) is 11.8 Å². The number of rotatable bonds is 9. The monoisotopic (exact) mass is 483 g/mol. The highest BCUT2D eigenvalue weighted by atomic mass is 19.4. The Kier molecular flexibility index (Phi) is 8.51. The van der Waals surface area contributed by atoms with Crippen molar-refractivity contribution >= 4 is 17.4 Å². The number of amides is 1. The SMILES string of the molecule is CNc1cc(OC2CCC(NCC(=O)Nc3cc(C(F)(F)F)cc(CO)c3OC)CC2)ncn1. The number of aliphatic hydroxyl groups excluding tert-OH is 1. The first-order chi connectivity index (χ1) is 16.2. The van der Waals surface area contributed by atoms with Gasteiger partial charge in [0.25, 0.3) is 0 Å². The van der Waals surface area contributed by atoms with E-state index < -0.39 is 24.3 Å². The summed E-state index contributed by atoms with van der Waals surface area (Å²) in [6.07, 6.45) is -0.144. The number of benzene rings is 1. The van der Waals surface area contributed by atoms with Crippen molar-refractivity contribution in [1.29, 1.82) is 0 Å². The molecule has 3 rings (SSSR count). The fraction of sp³-hybridized carbons (Fsp3) is 0.500. The molecule has 186 valence electrons. The fourth-order valence-electron chi connectivity index (χ4n) is 3.83. The largest absolute Gasteiger partial charge is 0.494 e. The molecule has 1 aliphatic rings. The van der Waals surface area contributed by atoms with Crippen molar-refractivity contribution in [1.82, 2.24) is 15.3 Å². The van der Waals surface area contributed by atoms with Crippen LogP contribution >= 0.6 is 0 Å². The number of nitrogens with zero attached hydrogens (tertiary/aromatic N) is 2. The fourth-order valence-corrected chi connectivity index (χ4v) is 3.83. The van der Waals surface area contributed by atoms with Gasteiger partial charge in [-0.1, -0.05) is 0 Å². The minimum Gasteiger partial charge on any atom is -0.494 e. The van der Waals surface area contributed by atoms with Crippen LogP contribution in [0, 0.1) is 0 Å². The van der Waals surface area contributed by atoms with E-state index >= 15 is 0 Å². The van der Waals surface area contributed by atoms with Crippen molar-refractivity contribution in [3.05, 3.63) is 35.7 Å². The molecular formula is C22H28F3N5O4. The van der Waals surface area contributed by atoms with Crippen LogP contribution in [0.5, 0.6) is 11.6 Å². The Morgan fingerprint density at radius 1 is 1.18 bits per heavy atom. The van der Waals surface area contributed by atoms with Crippen LogP contribution in [0.25, 0.3) is 0 Å². The number of anilines is 2. The topological polar surface area (TPSA) is 118 Å². The first kappa shape index (κ1) is 25.5. The molecule has 1 amide bonds. The Labute approximate surface area is 195 Å². The van der Waals surface area contributed by atoms with Gasteiger partial charge in [-0.05, 0) is 37.8 Å². The number of carbonyl (C=O) groups excluding carboxylic acids is 1. The van der Waals surface area contributed by atoms with Crippen LogP contribution in [0.4, 0.5) is 24.7 Å². The summed E-state index contributed by atoms with van der Waals surface area (Å²) >= 11 is 0. The standard InChI is InChI=1S/C22H28F3N5O4/c1-26-18-9-20(29-12-28-18)34-16-5-3-15(4-6-16)27-10-19(32)30-17-8-14(22(23,24)25)7-13(11-31)21(17)33-2/h7-9,12,15-16,27,31H,3-6,10-11H2,1-2H3,(H,30,32)(H,26,28,29). The average Bonchev–Trinajstić information content (AvgIpc) is 2.82. The molecule has 1 heterocycles. The van der Waals surface area contributed by atoms with Crippen molar-refractivity contribution in [2.45, 2.75) is 50.6 Å². The molecule has 0 aliphatic heterocycles. The number of methoxy groups -OCH3 is 1. The minimum atomic E-state index is -4.63. The molecule has 0 saturated heterocycles. The number of hydrogen-bond acceptors (Lipinski definition) is 8. The number of halogens is 3. The smallest absolute Gasteiger partial charge is 0.416 e. The summed E-state index contributed by atoms with van der Waals surface area (Å²) in [7, 11) is 3.02. The van der Waals surface area contributed by atoms with Crippen LogP contribution in [-0.2, 0) is 17.6 Å².